The monoisotopic (exact) mass is 446 g/mol. The van der Waals surface area contributed by atoms with Gasteiger partial charge in [-0.25, -0.2) is 14.4 Å². The number of benzene rings is 1. The molecular weight excluding hydrogens is 423 g/mol. The minimum Gasteiger partial charge on any atom is -0.364 e. The van der Waals surface area contributed by atoms with Crippen molar-refractivity contribution in [2.45, 2.75) is 25.7 Å². The van der Waals surface area contributed by atoms with Crippen LogP contribution in [0.3, 0.4) is 0 Å². The zero-order valence-corrected chi connectivity index (χ0v) is 18.1. The smallest absolute Gasteiger partial charge is 0.274 e. The van der Waals surface area contributed by atoms with Gasteiger partial charge >= 0.3 is 0 Å². The van der Waals surface area contributed by atoms with Crippen LogP contribution < -0.4 is 5.73 Å². The number of pyridine rings is 1. The maximum atomic E-state index is 13.3. The van der Waals surface area contributed by atoms with E-state index in [9.17, 15) is 14.0 Å². The largest absolute Gasteiger partial charge is 0.364 e. The zero-order chi connectivity index (χ0) is 23.1. The summed E-state index contributed by atoms with van der Waals surface area (Å²) in [5.41, 5.74) is 8.99. The summed E-state index contributed by atoms with van der Waals surface area (Å²) in [6.07, 6.45) is 5.01. The van der Waals surface area contributed by atoms with Crippen LogP contribution in [-0.2, 0) is 0 Å². The molecule has 4 heterocycles. The molecule has 1 saturated heterocycles. The number of nitrogens with one attached hydrogen (secondary N) is 1. The van der Waals surface area contributed by atoms with Gasteiger partial charge in [-0.1, -0.05) is 6.07 Å². The number of primary amides is 1. The fraction of sp³-hybridized carbons (Fsp3) is 0.250. The Bertz CT molecular complexity index is 1350. The van der Waals surface area contributed by atoms with Gasteiger partial charge in [0.15, 0.2) is 0 Å². The van der Waals surface area contributed by atoms with Gasteiger partial charge in [0.2, 0.25) is 0 Å². The van der Waals surface area contributed by atoms with Gasteiger partial charge in [0.25, 0.3) is 11.8 Å². The average molecular weight is 446 g/mol. The quantitative estimate of drug-likeness (QED) is 0.501. The summed E-state index contributed by atoms with van der Waals surface area (Å²) in [4.78, 5) is 39.0. The van der Waals surface area contributed by atoms with E-state index in [0.717, 1.165) is 11.2 Å². The van der Waals surface area contributed by atoms with Gasteiger partial charge < -0.3 is 20.0 Å². The van der Waals surface area contributed by atoms with Crippen LogP contribution in [-0.4, -0.2) is 49.2 Å². The molecule has 3 aromatic heterocycles. The van der Waals surface area contributed by atoms with Crippen molar-refractivity contribution in [2.75, 3.05) is 13.1 Å². The van der Waals surface area contributed by atoms with Crippen molar-refractivity contribution in [2.24, 2.45) is 5.73 Å². The number of nitrogens with two attached hydrogens (primary N) is 1. The molecule has 0 radical (unpaired) electrons. The average Bonchev–Trinajstić information content (AvgIpc) is 3.45. The molecule has 1 aliphatic heterocycles. The maximum Gasteiger partial charge on any atom is 0.274 e. The van der Waals surface area contributed by atoms with E-state index in [0.29, 0.717) is 48.7 Å². The summed E-state index contributed by atoms with van der Waals surface area (Å²) >= 11 is 0. The van der Waals surface area contributed by atoms with E-state index in [1.807, 2.05) is 29.7 Å². The Balaban J connectivity index is 1.33. The minimum absolute atomic E-state index is 0.0460. The van der Waals surface area contributed by atoms with E-state index in [1.54, 1.807) is 23.2 Å². The predicted octanol–water partition coefficient (Wildman–Crippen LogP) is 3.29. The van der Waals surface area contributed by atoms with Crippen molar-refractivity contribution in [1.82, 2.24) is 24.3 Å². The van der Waals surface area contributed by atoms with Crippen molar-refractivity contribution >= 4 is 17.5 Å². The number of hydrogen-bond donors (Lipinski definition) is 2. The fourth-order valence-electron chi connectivity index (χ4n) is 4.35. The Morgan fingerprint density at radius 3 is 2.52 bits per heavy atom. The molecule has 0 aliphatic carbocycles. The molecule has 33 heavy (non-hydrogen) atoms. The lowest BCUT2D eigenvalue weighted by Gasteiger charge is -2.30. The first kappa shape index (κ1) is 20.9. The lowest BCUT2D eigenvalue weighted by atomic mass is 9.96. The first-order valence-corrected chi connectivity index (χ1v) is 10.8. The Labute approximate surface area is 189 Å². The van der Waals surface area contributed by atoms with Crippen LogP contribution in [0.2, 0.25) is 0 Å². The summed E-state index contributed by atoms with van der Waals surface area (Å²) in [6.45, 7) is 3.07. The molecule has 1 fully saturated rings. The molecule has 1 aliphatic rings. The number of aromatic nitrogens is 4. The molecule has 5 rings (SSSR count). The molecule has 1 aromatic carbocycles. The van der Waals surface area contributed by atoms with Crippen LogP contribution in [0, 0.1) is 12.7 Å². The Morgan fingerprint density at radius 2 is 1.85 bits per heavy atom. The van der Waals surface area contributed by atoms with Crippen molar-refractivity contribution in [1.29, 1.82) is 0 Å². The van der Waals surface area contributed by atoms with Gasteiger partial charge in [-0.15, -0.1) is 0 Å². The van der Waals surface area contributed by atoms with E-state index in [4.69, 9.17) is 5.73 Å². The highest BCUT2D eigenvalue weighted by atomic mass is 19.1. The van der Waals surface area contributed by atoms with Crippen molar-refractivity contribution in [3.05, 3.63) is 77.4 Å². The second-order valence-corrected chi connectivity index (χ2v) is 8.33. The number of halogens is 1. The maximum absolute atomic E-state index is 13.3. The molecule has 0 saturated carbocycles. The number of piperidine rings is 1. The normalized spacial score (nSPS) is 14.7. The lowest BCUT2D eigenvalue weighted by Crippen LogP contribution is -2.38. The third-order valence-electron chi connectivity index (χ3n) is 6.15. The summed E-state index contributed by atoms with van der Waals surface area (Å²) in [6, 6.07) is 9.66. The molecule has 0 unspecified atom stereocenters. The molecule has 0 bridgehead atoms. The lowest BCUT2D eigenvalue weighted by molar-refractivity contribution is 0.0706. The van der Waals surface area contributed by atoms with Crippen molar-refractivity contribution in [3.8, 4) is 11.3 Å². The number of H-pyrrole nitrogens is 1. The standard InChI is InChI=1S/C24H23FN6O2/c1-14-3-2-10-31-13-18(27-23(14)31)24(33)30-11-8-16(9-12-30)22-28-19(20(29-22)21(26)32)15-4-6-17(25)7-5-15/h2-7,10,13,16H,8-9,11-12H2,1H3,(H2,26,32)(H,28,29). The molecular formula is C24H23FN6O2. The third-order valence-corrected chi connectivity index (χ3v) is 6.15. The number of amides is 2. The van der Waals surface area contributed by atoms with Gasteiger partial charge in [-0.3, -0.25) is 9.59 Å². The Kier molecular flexibility index (Phi) is 5.16. The third kappa shape index (κ3) is 3.86. The first-order chi connectivity index (χ1) is 15.9. The first-order valence-electron chi connectivity index (χ1n) is 10.8. The molecule has 0 spiro atoms. The molecule has 3 N–H and O–H groups in total. The Hall–Kier alpha value is -4.01. The number of rotatable bonds is 4. The molecule has 8 nitrogen and oxygen atoms in total. The number of aromatic amines is 1. The van der Waals surface area contributed by atoms with E-state index in [-0.39, 0.29) is 23.3 Å². The highest BCUT2D eigenvalue weighted by Crippen LogP contribution is 2.30. The molecule has 4 aromatic rings. The molecule has 2 amide bonds. The molecule has 9 heteroatoms. The number of fused-ring (bicyclic) bond motifs is 1. The van der Waals surface area contributed by atoms with Crippen LogP contribution >= 0.6 is 0 Å². The number of likely N-dealkylation sites (tertiary alicyclic amines) is 1. The van der Waals surface area contributed by atoms with Crippen LogP contribution in [0.4, 0.5) is 4.39 Å². The number of aryl methyl sites for hydroxylation is 1. The summed E-state index contributed by atoms with van der Waals surface area (Å²) in [5, 5.41) is 0. The van der Waals surface area contributed by atoms with E-state index < -0.39 is 5.91 Å². The second kappa shape index (κ2) is 8.16. The van der Waals surface area contributed by atoms with Crippen LogP contribution in [0.15, 0.2) is 48.8 Å². The number of nitrogens with zero attached hydrogens (tertiary/aromatic N) is 4. The number of imidazole rings is 2. The second-order valence-electron chi connectivity index (χ2n) is 8.33. The Morgan fingerprint density at radius 1 is 1.12 bits per heavy atom. The SMILES string of the molecule is Cc1cccn2cc(C(=O)N3CCC(c4nc(-c5ccc(F)cc5)c(C(N)=O)[nH]4)CC3)nc12. The predicted molar refractivity (Wildman–Crippen MR) is 120 cm³/mol. The van der Waals surface area contributed by atoms with Gasteiger partial charge in [0.05, 0.1) is 0 Å². The fourth-order valence-corrected chi connectivity index (χ4v) is 4.35. The van der Waals surface area contributed by atoms with E-state index >= 15 is 0 Å². The van der Waals surface area contributed by atoms with E-state index in [2.05, 4.69) is 15.0 Å². The highest BCUT2D eigenvalue weighted by molar-refractivity contribution is 5.97. The van der Waals surface area contributed by atoms with Gasteiger partial charge in [0.1, 0.15) is 34.4 Å². The zero-order valence-electron chi connectivity index (χ0n) is 18.1. The van der Waals surface area contributed by atoms with E-state index in [1.165, 1.54) is 12.1 Å². The van der Waals surface area contributed by atoms with Crippen LogP contribution in [0.1, 0.15) is 51.1 Å². The summed E-state index contributed by atoms with van der Waals surface area (Å²) in [5.74, 6) is -0.389. The van der Waals surface area contributed by atoms with Gasteiger partial charge in [-0.05, 0) is 55.7 Å². The highest BCUT2D eigenvalue weighted by Gasteiger charge is 2.29. The van der Waals surface area contributed by atoms with Crippen molar-refractivity contribution in [3.63, 3.8) is 0 Å². The summed E-state index contributed by atoms with van der Waals surface area (Å²) < 4.78 is 15.2. The molecule has 168 valence electrons. The molecule has 0 atom stereocenters. The van der Waals surface area contributed by atoms with Gasteiger partial charge in [0, 0.05) is 37.0 Å². The minimum atomic E-state index is -0.622. The van der Waals surface area contributed by atoms with Gasteiger partial charge in [-0.2, -0.15) is 0 Å². The number of hydrogen-bond acceptors (Lipinski definition) is 4. The number of carbonyl (C=O) groups is 2. The van der Waals surface area contributed by atoms with Crippen molar-refractivity contribution < 1.29 is 14.0 Å². The summed E-state index contributed by atoms with van der Waals surface area (Å²) in [7, 11) is 0. The van der Waals surface area contributed by atoms with Crippen LogP contribution in [0.25, 0.3) is 16.9 Å². The number of carbonyl (C=O) groups excluding carboxylic acids is 2. The van der Waals surface area contributed by atoms with Crippen LogP contribution in [0.5, 0.6) is 0 Å². The topological polar surface area (TPSA) is 109 Å².